The second-order valence-electron chi connectivity index (χ2n) is 3.42. The van der Waals surface area contributed by atoms with Crippen LogP contribution in [0.4, 0.5) is 0 Å². The standard InChI is InChI=1S/C11H13N3S/c1-8(6-12)10-7-14-11(15-10)9-4-2-3-5-13-9/h2-5,7-8H,6,12H2,1H3. The van der Waals surface area contributed by atoms with E-state index in [4.69, 9.17) is 5.73 Å². The SMILES string of the molecule is CC(CN)c1cnc(-c2ccccn2)s1. The molecule has 0 radical (unpaired) electrons. The molecule has 78 valence electrons. The molecule has 0 amide bonds. The van der Waals surface area contributed by atoms with Gasteiger partial charge in [-0.25, -0.2) is 4.98 Å². The van der Waals surface area contributed by atoms with Gasteiger partial charge in [-0.15, -0.1) is 11.3 Å². The van der Waals surface area contributed by atoms with Gasteiger partial charge < -0.3 is 5.73 Å². The van der Waals surface area contributed by atoms with Crippen molar-refractivity contribution >= 4 is 11.3 Å². The van der Waals surface area contributed by atoms with Gasteiger partial charge in [-0.1, -0.05) is 13.0 Å². The number of nitrogens with two attached hydrogens (primary N) is 1. The van der Waals surface area contributed by atoms with E-state index in [1.165, 1.54) is 4.88 Å². The Morgan fingerprint density at radius 3 is 2.93 bits per heavy atom. The second-order valence-corrected chi connectivity index (χ2v) is 4.48. The zero-order valence-corrected chi connectivity index (χ0v) is 9.37. The van der Waals surface area contributed by atoms with Crippen molar-refractivity contribution in [3.8, 4) is 10.7 Å². The first kappa shape index (κ1) is 10.3. The highest BCUT2D eigenvalue weighted by atomic mass is 32.1. The summed E-state index contributed by atoms with van der Waals surface area (Å²) in [6.45, 7) is 2.76. The maximum atomic E-state index is 5.62. The van der Waals surface area contributed by atoms with Gasteiger partial charge in [0.15, 0.2) is 0 Å². The van der Waals surface area contributed by atoms with E-state index in [2.05, 4.69) is 16.9 Å². The van der Waals surface area contributed by atoms with Crippen molar-refractivity contribution in [3.05, 3.63) is 35.5 Å². The fourth-order valence-corrected chi connectivity index (χ4v) is 2.20. The van der Waals surface area contributed by atoms with Crippen LogP contribution in [0.1, 0.15) is 17.7 Å². The van der Waals surface area contributed by atoms with Crippen molar-refractivity contribution in [1.82, 2.24) is 9.97 Å². The summed E-state index contributed by atoms with van der Waals surface area (Å²) in [7, 11) is 0. The van der Waals surface area contributed by atoms with Crippen molar-refractivity contribution in [2.75, 3.05) is 6.54 Å². The van der Waals surface area contributed by atoms with E-state index >= 15 is 0 Å². The molecular formula is C11H13N3S. The Morgan fingerprint density at radius 1 is 1.40 bits per heavy atom. The third-order valence-electron chi connectivity index (χ3n) is 2.25. The average molecular weight is 219 g/mol. The molecule has 2 aromatic rings. The Morgan fingerprint density at radius 2 is 2.27 bits per heavy atom. The molecule has 0 saturated carbocycles. The summed E-state index contributed by atoms with van der Waals surface area (Å²) in [6.07, 6.45) is 3.68. The molecule has 0 spiro atoms. The summed E-state index contributed by atoms with van der Waals surface area (Å²) in [5.41, 5.74) is 6.54. The van der Waals surface area contributed by atoms with E-state index in [0.29, 0.717) is 12.5 Å². The van der Waals surface area contributed by atoms with Crippen LogP contribution in [-0.4, -0.2) is 16.5 Å². The smallest absolute Gasteiger partial charge is 0.142 e. The number of aromatic nitrogens is 2. The van der Waals surface area contributed by atoms with Gasteiger partial charge in [0.2, 0.25) is 0 Å². The largest absolute Gasteiger partial charge is 0.330 e. The van der Waals surface area contributed by atoms with E-state index < -0.39 is 0 Å². The maximum absolute atomic E-state index is 5.62. The molecule has 0 aliphatic carbocycles. The number of hydrogen-bond acceptors (Lipinski definition) is 4. The molecule has 15 heavy (non-hydrogen) atoms. The minimum absolute atomic E-state index is 0.375. The molecular weight excluding hydrogens is 206 g/mol. The minimum atomic E-state index is 0.375. The summed E-state index contributed by atoms with van der Waals surface area (Å²) in [5, 5.41) is 0.964. The van der Waals surface area contributed by atoms with Gasteiger partial charge >= 0.3 is 0 Å². The highest BCUT2D eigenvalue weighted by Crippen LogP contribution is 2.27. The van der Waals surface area contributed by atoms with Crippen molar-refractivity contribution in [1.29, 1.82) is 0 Å². The average Bonchev–Trinajstić information content (AvgIpc) is 2.78. The summed E-state index contributed by atoms with van der Waals surface area (Å²) in [4.78, 5) is 9.84. The third-order valence-corrected chi connectivity index (χ3v) is 3.50. The molecule has 2 heterocycles. The number of nitrogens with zero attached hydrogens (tertiary/aromatic N) is 2. The van der Waals surface area contributed by atoms with Crippen molar-refractivity contribution in [2.24, 2.45) is 5.73 Å². The van der Waals surface area contributed by atoms with Gasteiger partial charge in [0.05, 0.1) is 5.69 Å². The van der Waals surface area contributed by atoms with E-state index in [1.807, 2.05) is 24.4 Å². The molecule has 2 aromatic heterocycles. The van der Waals surface area contributed by atoms with Crippen LogP contribution in [0.25, 0.3) is 10.7 Å². The molecule has 2 N–H and O–H groups in total. The predicted octanol–water partition coefficient (Wildman–Crippen LogP) is 2.27. The zero-order valence-electron chi connectivity index (χ0n) is 8.55. The Bertz CT molecular complexity index is 424. The van der Waals surface area contributed by atoms with Gasteiger partial charge in [-0.3, -0.25) is 4.98 Å². The normalized spacial score (nSPS) is 12.7. The molecule has 3 nitrogen and oxygen atoms in total. The first-order valence-electron chi connectivity index (χ1n) is 4.88. The first-order valence-corrected chi connectivity index (χ1v) is 5.70. The monoisotopic (exact) mass is 219 g/mol. The first-order chi connectivity index (χ1) is 7.31. The summed E-state index contributed by atoms with van der Waals surface area (Å²) in [5.74, 6) is 0.375. The lowest BCUT2D eigenvalue weighted by Gasteiger charge is -2.02. The molecule has 0 aromatic carbocycles. The maximum Gasteiger partial charge on any atom is 0.142 e. The molecule has 4 heteroatoms. The molecule has 0 saturated heterocycles. The molecule has 0 bridgehead atoms. The lowest BCUT2D eigenvalue weighted by atomic mass is 10.2. The summed E-state index contributed by atoms with van der Waals surface area (Å²) >= 11 is 1.67. The van der Waals surface area contributed by atoms with Crippen LogP contribution >= 0.6 is 11.3 Å². The fourth-order valence-electron chi connectivity index (χ4n) is 1.24. The highest BCUT2D eigenvalue weighted by Gasteiger charge is 2.09. The van der Waals surface area contributed by atoms with Crippen LogP contribution in [0.3, 0.4) is 0 Å². The number of pyridine rings is 1. The molecule has 1 unspecified atom stereocenters. The number of hydrogen-bond donors (Lipinski definition) is 1. The highest BCUT2D eigenvalue weighted by molar-refractivity contribution is 7.15. The topological polar surface area (TPSA) is 51.8 Å². The number of thiazole rings is 1. The minimum Gasteiger partial charge on any atom is -0.330 e. The van der Waals surface area contributed by atoms with Crippen molar-refractivity contribution < 1.29 is 0 Å². The van der Waals surface area contributed by atoms with E-state index in [-0.39, 0.29) is 0 Å². The van der Waals surface area contributed by atoms with Crippen molar-refractivity contribution in [2.45, 2.75) is 12.8 Å². The van der Waals surface area contributed by atoms with Gasteiger partial charge in [0.1, 0.15) is 5.01 Å². The van der Waals surface area contributed by atoms with Crippen LogP contribution < -0.4 is 5.73 Å². The van der Waals surface area contributed by atoms with Crippen LogP contribution in [0.5, 0.6) is 0 Å². The molecule has 1 atom stereocenters. The van der Waals surface area contributed by atoms with Crippen LogP contribution in [0.2, 0.25) is 0 Å². The molecule has 0 aliphatic heterocycles. The van der Waals surface area contributed by atoms with E-state index in [0.717, 1.165) is 10.7 Å². The van der Waals surface area contributed by atoms with Crippen LogP contribution in [0.15, 0.2) is 30.6 Å². The zero-order chi connectivity index (χ0) is 10.7. The Labute approximate surface area is 93.0 Å². The Hall–Kier alpha value is -1.26. The second kappa shape index (κ2) is 4.51. The lowest BCUT2D eigenvalue weighted by molar-refractivity contribution is 0.787. The quantitative estimate of drug-likeness (QED) is 0.861. The number of rotatable bonds is 3. The molecule has 2 rings (SSSR count). The van der Waals surface area contributed by atoms with E-state index in [9.17, 15) is 0 Å². The molecule has 0 aliphatic rings. The predicted molar refractivity (Wildman–Crippen MR) is 62.8 cm³/mol. The van der Waals surface area contributed by atoms with Crippen molar-refractivity contribution in [3.63, 3.8) is 0 Å². The fraction of sp³-hybridized carbons (Fsp3) is 0.273. The van der Waals surface area contributed by atoms with Gasteiger partial charge in [0, 0.05) is 23.2 Å². The van der Waals surface area contributed by atoms with E-state index in [1.54, 1.807) is 17.5 Å². The Kier molecular flexibility index (Phi) is 3.08. The molecule has 0 fully saturated rings. The van der Waals surface area contributed by atoms with Gasteiger partial charge in [-0.05, 0) is 18.7 Å². The van der Waals surface area contributed by atoms with Crippen LogP contribution in [-0.2, 0) is 0 Å². The van der Waals surface area contributed by atoms with Gasteiger partial charge in [-0.2, -0.15) is 0 Å². The summed E-state index contributed by atoms with van der Waals surface area (Å²) in [6, 6.07) is 5.84. The Balaban J connectivity index is 2.28. The summed E-state index contributed by atoms with van der Waals surface area (Å²) < 4.78 is 0. The lowest BCUT2D eigenvalue weighted by Crippen LogP contribution is -2.07. The van der Waals surface area contributed by atoms with Crippen LogP contribution in [0, 0.1) is 0 Å². The van der Waals surface area contributed by atoms with Gasteiger partial charge in [0.25, 0.3) is 0 Å². The third kappa shape index (κ3) is 2.22.